The van der Waals surface area contributed by atoms with Gasteiger partial charge >= 0.3 is 5.97 Å². The summed E-state index contributed by atoms with van der Waals surface area (Å²) < 4.78 is 0. The minimum absolute atomic E-state index is 0.202. The summed E-state index contributed by atoms with van der Waals surface area (Å²) in [6, 6.07) is -4.95. The molecule has 0 heterocycles. The second-order valence-corrected chi connectivity index (χ2v) is 6.83. The summed E-state index contributed by atoms with van der Waals surface area (Å²) in [5, 5.41) is 34.4. The van der Waals surface area contributed by atoms with Crippen molar-refractivity contribution in [2.45, 2.75) is 51.9 Å². The Bertz CT molecular complexity index is 539. The van der Waals surface area contributed by atoms with Gasteiger partial charge in [0.2, 0.25) is 17.7 Å². The van der Waals surface area contributed by atoms with Crippen LogP contribution in [0.3, 0.4) is 0 Å². The minimum Gasteiger partial charge on any atom is -0.480 e. The van der Waals surface area contributed by atoms with Gasteiger partial charge in [0, 0.05) is 0 Å². The van der Waals surface area contributed by atoms with Crippen LogP contribution in [0.1, 0.15) is 27.7 Å². The van der Waals surface area contributed by atoms with Gasteiger partial charge in [-0.15, -0.1) is 0 Å². The lowest BCUT2D eigenvalue weighted by Gasteiger charge is -2.24. The van der Waals surface area contributed by atoms with Gasteiger partial charge in [-0.2, -0.15) is 0 Å². The van der Waals surface area contributed by atoms with Gasteiger partial charge in [0.15, 0.2) is 0 Å². The van der Waals surface area contributed by atoms with Crippen molar-refractivity contribution in [3.63, 3.8) is 0 Å². The molecule has 0 saturated heterocycles. The van der Waals surface area contributed by atoms with E-state index in [1.165, 1.54) is 0 Å². The summed E-state index contributed by atoms with van der Waals surface area (Å²) in [7, 11) is 0. The van der Waals surface area contributed by atoms with Crippen LogP contribution in [-0.2, 0) is 19.2 Å². The lowest BCUT2D eigenvalue weighted by Crippen LogP contribution is -2.59. The molecule has 0 aromatic carbocycles. The number of amides is 3. The normalized spacial score (nSPS) is 15.6. The highest BCUT2D eigenvalue weighted by Gasteiger charge is 2.31. The van der Waals surface area contributed by atoms with Crippen LogP contribution in [0.5, 0.6) is 0 Å². The van der Waals surface area contributed by atoms with E-state index in [0.29, 0.717) is 0 Å². The highest BCUT2D eigenvalue weighted by Crippen LogP contribution is 2.03. The molecule has 0 radical (unpaired) electrons. The molecule has 11 nitrogen and oxygen atoms in total. The summed E-state index contributed by atoms with van der Waals surface area (Å²) >= 11 is 0. The van der Waals surface area contributed by atoms with Gasteiger partial charge in [0.05, 0.1) is 19.3 Å². The number of carboxylic acid groups (broad SMARTS) is 1. The number of hydrogen-bond donors (Lipinski definition) is 7. The highest BCUT2D eigenvalue weighted by atomic mass is 16.4. The Morgan fingerprint density at radius 2 is 1.19 bits per heavy atom. The molecule has 0 fully saturated rings. The van der Waals surface area contributed by atoms with Gasteiger partial charge in [0.25, 0.3) is 0 Å². The molecule has 8 N–H and O–H groups in total. The standard InChI is InChI=1S/C16H30N4O7/c1-7(2)11(17)15(25)19-9(5-21)13(23)18-10(6-22)14(24)20-12(8(3)4)16(26)27/h7-12,21-22H,5-6,17H2,1-4H3,(H,18,23)(H,19,25)(H,20,24)(H,26,27). The molecule has 0 spiro atoms. The summed E-state index contributed by atoms with van der Waals surface area (Å²) in [6.07, 6.45) is 0. The molecule has 0 aliphatic rings. The molecule has 4 atom stereocenters. The monoisotopic (exact) mass is 390 g/mol. The average Bonchev–Trinajstić information content (AvgIpc) is 2.59. The van der Waals surface area contributed by atoms with Gasteiger partial charge in [-0.1, -0.05) is 27.7 Å². The number of aliphatic carboxylic acids is 1. The number of carbonyl (C=O) groups is 4. The molecule has 0 rings (SSSR count). The second kappa shape index (κ2) is 11.5. The van der Waals surface area contributed by atoms with Crippen molar-refractivity contribution in [1.82, 2.24) is 16.0 Å². The van der Waals surface area contributed by atoms with Crippen molar-refractivity contribution in [1.29, 1.82) is 0 Å². The first-order chi connectivity index (χ1) is 12.5. The second-order valence-electron chi connectivity index (χ2n) is 6.83. The Morgan fingerprint density at radius 3 is 1.52 bits per heavy atom. The minimum atomic E-state index is -1.46. The Balaban J connectivity index is 5.00. The lowest BCUT2D eigenvalue weighted by molar-refractivity contribution is -0.144. The van der Waals surface area contributed by atoms with E-state index in [1.54, 1.807) is 27.7 Å². The van der Waals surface area contributed by atoms with Crippen molar-refractivity contribution in [3.05, 3.63) is 0 Å². The zero-order valence-corrected chi connectivity index (χ0v) is 15.9. The molecule has 0 aromatic heterocycles. The van der Waals surface area contributed by atoms with E-state index >= 15 is 0 Å². The quantitative estimate of drug-likeness (QED) is 0.196. The van der Waals surface area contributed by atoms with E-state index in [0.717, 1.165) is 0 Å². The Labute approximate surface area is 157 Å². The van der Waals surface area contributed by atoms with Gasteiger partial charge in [-0.05, 0) is 11.8 Å². The van der Waals surface area contributed by atoms with Crippen LogP contribution in [-0.4, -0.2) is 76.4 Å². The van der Waals surface area contributed by atoms with Crippen LogP contribution in [0.4, 0.5) is 0 Å². The molecule has 156 valence electrons. The fraction of sp³-hybridized carbons (Fsp3) is 0.750. The largest absolute Gasteiger partial charge is 0.480 e. The smallest absolute Gasteiger partial charge is 0.326 e. The third kappa shape index (κ3) is 7.89. The van der Waals surface area contributed by atoms with E-state index in [2.05, 4.69) is 16.0 Å². The van der Waals surface area contributed by atoms with Gasteiger partial charge in [-0.3, -0.25) is 14.4 Å². The maximum Gasteiger partial charge on any atom is 0.326 e. The molecule has 4 unspecified atom stereocenters. The van der Waals surface area contributed by atoms with Crippen LogP contribution < -0.4 is 21.7 Å². The first-order valence-electron chi connectivity index (χ1n) is 8.57. The van der Waals surface area contributed by atoms with Crippen molar-refractivity contribution >= 4 is 23.7 Å². The number of nitrogens with one attached hydrogen (secondary N) is 3. The lowest BCUT2D eigenvalue weighted by atomic mass is 10.0. The molecular formula is C16H30N4O7. The molecule has 0 saturated carbocycles. The van der Waals surface area contributed by atoms with E-state index in [9.17, 15) is 29.4 Å². The Kier molecular flexibility index (Phi) is 10.5. The zero-order valence-electron chi connectivity index (χ0n) is 15.9. The molecule has 11 heteroatoms. The third-order valence-electron chi connectivity index (χ3n) is 3.88. The van der Waals surface area contributed by atoms with Gasteiger partial charge < -0.3 is 37.0 Å². The van der Waals surface area contributed by atoms with E-state index in [4.69, 9.17) is 10.8 Å². The van der Waals surface area contributed by atoms with Crippen molar-refractivity contribution in [2.24, 2.45) is 17.6 Å². The van der Waals surface area contributed by atoms with Gasteiger partial charge in [0.1, 0.15) is 18.1 Å². The fourth-order valence-electron chi connectivity index (χ4n) is 2.00. The van der Waals surface area contributed by atoms with Gasteiger partial charge in [-0.25, -0.2) is 4.79 Å². The number of hydrogen-bond acceptors (Lipinski definition) is 7. The number of nitrogens with two attached hydrogens (primary N) is 1. The summed E-state index contributed by atoms with van der Waals surface area (Å²) in [5.74, 6) is -4.38. The molecule has 27 heavy (non-hydrogen) atoms. The topological polar surface area (TPSA) is 191 Å². The number of carbonyl (C=O) groups excluding carboxylic acids is 3. The average molecular weight is 390 g/mol. The molecule has 0 bridgehead atoms. The predicted octanol–water partition coefficient (Wildman–Crippen LogP) is -2.85. The number of aliphatic hydroxyl groups is 2. The SMILES string of the molecule is CC(C)C(N)C(=O)NC(CO)C(=O)NC(CO)C(=O)NC(C(=O)O)C(C)C. The first kappa shape index (κ1) is 24.8. The van der Waals surface area contributed by atoms with Crippen molar-refractivity contribution in [3.8, 4) is 0 Å². The van der Waals surface area contributed by atoms with Crippen molar-refractivity contribution in [2.75, 3.05) is 13.2 Å². The summed E-state index contributed by atoms with van der Waals surface area (Å²) in [6.45, 7) is 5.02. The predicted molar refractivity (Wildman–Crippen MR) is 95.3 cm³/mol. The number of carboxylic acids is 1. The van der Waals surface area contributed by atoms with Crippen LogP contribution in [0.15, 0.2) is 0 Å². The molecular weight excluding hydrogens is 360 g/mol. The Hall–Kier alpha value is -2.24. The molecule has 0 aromatic rings. The van der Waals surface area contributed by atoms with Crippen LogP contribution >= 0.6 is 0 Å². The molecule has 0 aliphatic heterocycles. The van der Waals surface area contributed by atoms with Crippen LogP contribution in [0.25, 0.3) is 0 Å². The third-order valence-corrected chi connectivity index (χ3v) is 3.88. The number of aliphatic hydroxyl groups excluding tert-OH is 2. The van der Waals surface area contributed by atoms with E-state index < -0.39 is 67.0 Å². The molecule has 0 aliphatic carbocycles. The molecule has 3 amide bonds. The summed E-state index contributed by atoms with van der Waals surface area (Å²) in [5.41, 5.74) is 5.67. The maximum absolute atomic E-state index is 12.2. The summed E-state index contributed by atoms with van der Waals surface area (Å²) in [4.78, 5) is 47.4. The highest BCUT2D eigenvalue weighted by molar-refractivity contribution is 5.94. The van der Waals surface area contributed by atoms with E-state index in [-0.39, 0.29) is 5.92 Å². The maximum atomic E-state index is 12.2. The number of rotatable bonds is 11. The fourth-order valence-corrected chi connectivity index (χ4v) is 2.00. The van der Waals surface area contributed by atoms with E-state index in [1.807, 2.05) is 0 Å². The van der Waals surface area contributed by atoms with Crippen molar-refractivity contribution < 1.29 is 34.5 Å². The van der Waals surface area contributed by atoms with Crippen LogP contribution in [0, 0.1) is 11.8 Å². The van der Waals surface area contributed by atoms with Crippen LogP contribution in [0.2, 0.25) is 0 Å². The zero-order chi connectivity index (χ0) is 21.3. The Morgan fingerprint density at radius 1 is 0.778 bits per heavy atom. The first-order valence-corrected chi connectivity index (χ1v) is 8.57.